The molecule has 0 aromatic heterocycles. The van der Waals surface area contributed by atoms with Gasteiger partial charge in [-0.1, -0.05) is 0 Å². The Balaban J connectivity index is 2.43. The average molecular weight is 188 g/mol. The molecule has 12 heavy (non-hydrogen) atoms. The Morgan fingerprint density at radius 1 is 1.67 bits per heavy atom. The van der Waals surface area contributed by atoms with Gasteiger partial charge in [0.1, 0.15) is 20.1 Å². The molecule has 0 saturated carbocycles. The van der Waals surface area contributed by atoms with Crippen LogP contribution in [0.1, 0.15) is 6.92 Å². The van der Waals surface area contributed by atoms with Gasteiger partial charge in [-0.2, -0.15) is 0 Å². The zero-order chi connectivity index (χ0) is 9.14. The molecule has 1 heterocycles. The molecule has 0 bridgehead atoms. The maximum atomic E-state index is 5.60. The van der Waals surface area contributed by atoms with Crippen molar-refractivity contribution in [2.45, 2.75) is 30.6 Å². The van der Waals surface area contributed by atoms with Crippen LogP contribution in [0.4, 0.5) is 0 Å². The van der Waals surface area contributed by atoms with E-state index in [1.165, 1.54) is 0 Å². The molecule has 0 amide bonds. The molecule has 4 atom stereocenters. The summed E-state index contributed by atoms with van der Waals surface area (Å²) in [5.41, 5.74) is -0.124. The van der Waals surface area contributed by atoms with Crippen molar-refractivity contribution in [2.24, 2.45) is 0 Å². The molecule has 1 aliphatic rings. The van der Waals surface area contributed by atoms with Gasteiger partial charge in [-0.25, -0.2) is 0 Å². The molecule has 0 aromatic rings. The van der Waals surface area contributed by atoms with Crippen LogP contribution in [-0.2, 0) is 14.2 Å². The lowest BCUT2D eigenvalue weighted by Crippen LogP contribution is -2.35. The Hall–Kier alpha value is 0.295. The van der Waals surface area contributed by atoms with Crippen LogP contribution in [0.5, 0.6) is 0 Å². The van der Waals surface area contributed by atoms with Crippen molar-refractivity contribution in [2.75, 3.05) is 13.7 Å². The van der Waals surface area contributed by atoms with Crippen LogP contribution in [0.15, 0.2) is 0 Å². The normalized spacial score (nSPS) is 38.4. The van der Waals surface area contributed by atoms with Gasteiger partial charge in [-0.3, -0.25) is 0 Å². The molecule has 0 N–H and O–H groups in total. The van der Waals surface area contributed by atoms with E-state index in [1.54, 1.807) is 7.11 Å². The molecule has 1 fully saturated rings. The third-order valence-corrected chi connectivity index (χ3v) is 1.91. The fourth-order valence-electron chi connectivity index (χ4n) is 1.26. The molecular weight excluding hydrogens is 175 g/mol. The third kappa shape index (κ3) is 2.39. The lowest BCUT2D eigenvalue weighted by Gasteiger charge is -2.21. The van der Waals surface area contributed by atoms with Crippen molar-refractivity contribution in [1.29, 1.82) is 0 Å². The molecular formula is C7H13BO3S. The van der Waals surface area contributed by atoms with E-state index < -0.39 is 0 Å². The van der Waals surface area contributed by atoms with Crippen molar-refractivity contribution >= 4 is 20.5 Å². The molecule has 3 unspecified atom stereocenters. The van der Waals surface area contributed by atoms with E-state index in [2.05, 4.69) is 12.6 Å². The van der Waals surface area contributed by atoms with Crippen molar-refractivity contribution in [1.82, 2.24) is 0 Å². The van der Waals surface area contributed by atoms with Crippen LogP contribution in [0.3, 0.4) is 0 Å². The number of rotatable bonds is 3. The first-order valence-electron chi connectivity index (χ1n) is 3.88. The summed E-state index contributed by atoms with van der Waals surface area (Å²) in [7, 11) is 7.20. The summed E-state index contributed by atoms with van der Waals surface area (Å²) in [6.07, 6.45) is -0.280. The summed E-state index contributed by atoms with van der Waals surface area (Å²) in [4.78, 5) is 0. The fraction of sp³-hybridized carbons (Fsp3) is 1.00. The highest BCUT2D eigenvalue weighted by atomic mass is 32.1. The van der Waals surface area contributed by atoms with E-state index in [0.29, 0.717) is 6.61 Å². The second kappa shape index (κ2) is 4.51. The smallest absolute Gasteiger partial charge is 0.112 e. The van der Waals surface area contributed by atoms with Gasteiger partial charge in [0, 0.05) is 13.1 Å². The second-order valence-corrected chi connectivity index (χ2v) is 3.50. The maximum Gasteiger partial charge on any atom is 0.112 e. The summed E-state index contributed by atoms with van der Waals surface area (Å²) < 4.78 is 15.7. The number of hydrogen-bond acceptors (Lipinski definition) is 4. The highest BCUT2D eigenvalue weighted by Gasteiger charge is 2.35. The largest absolute Gasteiger partial charge is 0.382 e. The minimum absolute atomic E-state index is 0.0995. The summed E-state index contributed by atoms with van der Waals surface area (Å²) in [5, 5.41) is 0. The number of hydrogen-bond donors (Lipinski definition) is 1. The molecule has 1 rings (SSSR count). The topological polar surface area (TPSA) is 27.7 Å². The van der Waals surface area contributed by atoms with Gasteiger partial charge < -0.3 is 14.2 Å². The van der Waals surface area contributed by atoms with Crippen LogP contribution < -0.4 is 0 Å². The van der Waals surface area contributed by atoms with Gasteiger partial charge in [0.15, 0.2) is 0 Å². The van der Waals surface area contributed by atoms with Crippen LogP contribution in [0.2, 0.25) is 0 Å². The monoisotopic (exact) mass is 188 g/mol. The molecule has 3 nitrogen and oxygen atoms in total. The first kappa shape index (κ1) is 10.4. The van der Waals surface area contributed by atoms with Gasteiger partial charge in [-0.05, 0) is 6.92 Å². The lowest BCUT2D eigenvalue weighted by atomic mass is 9.94. The third-order valence-electron chi connectivity index (χ3n) is 1.79. The minimum atomic E-state index is -0.382. The maximum absolute atomic E-state index is 5.60. The van der Waals surface area contributed by atoms with E-state index in [1.807, 2.05) is 6.92 Å². The van der Waals surface area contributed by atoms with Crippen molar-refractivity contribution in [3.63, 3.8) is 0 Å². The van der Waals surface area contributed by atoms with Gasteiger partial charge in [-0.15, -0.1) is 12.6 Å². The molecule has 0 aromatic carbocycles. The standard InChI is InChI=1S/C7H13BO3S/c1-4(12)11-5-3-10-7(8)6(5)9-2/h4-7,12H,3H2,1-2H3/t4?,5?,6?,7-/m1/s1. The first-order chi connectivity index (χ1) is 5.65. The van der Waals surface area contributed by atoms with Gasteiger partial charge in [0.05, 0.1) is 12.0 Å². The molecule has 5 heteroatoms. The summed E-state index contributed by atoms with van der Waals surface area (Å²) in [6, 6.07) is -0.382. The van der Waals surface area contributed by atoms with E-state index in [-0.39, 0.29) is 23.6 Å². The number of thiol groups is 1. The summed E-state index contributed by atoms with van der Waals surface area (Å²) in [5.74, 6) is 0. The second-order valence-electron chi connectivity index (χ2n) is 2.77. The van der Waals surface area contributed by atoms with Gasteiger partial charge in [0.25, 0.3) is 0 Å². The van der Waals surface area contributed by atoms with Crippen molar-refractivity contribution < 1.29 is 14.2 Å². The predicted octanol–water partition coefficient (Wildman–Crippen LogP) is 0.187. The number of ether oxygens (including phenoxy) is 3. The highest BCUT2D eigenvalue weighted by Crippen LogP contribution is 2.19. The van der Waals surface area contributed by atoms with Crippen LogP contribution >= 0.6 is 12.6 Å². The molecule has 0 aliphatic carbocycles. The molecule has 2 radical (unpaired) electrons. The minimum Gasteiger partial charge on any atom is -0.382 e. The van der Waals surface area contributed by atoms with Crippen molar-refractivity contribution in [3.05, 3.63) is 0 Å². The highest BCUT2D eigenvalue weighted by molar-refractivity contribution is 7.80. The first-order valence-corrected chi connectivity index (χ1v) is 4.40. The molecule has 68 valence electrons. The predicted molar refractivity (Wildman–Crippen MR) is 49.6 cm³/mol. The Morgan fingerprint density at radius 3 is 2.83 bits per heavy atom. The quantitative estimate of drug-likeness (QED) is 0.389. The van der Waals surface area contributed by atoms with Crippen molar-refractivity contribution in [3.8, 4) is 0 Å². The average Bonchev–Trinajstić information content (AvgIpc) is 2.30. The zero-order valence-electron chi connectivity index (χ0n) is 7.27. The van der Waals surface area contributed by atoms with Gasteiger partial charge >= 0.3 is 0 Å². The van der Waals surface area contributed by atoms with E-state index in [0.717, 1.165) is 0 Å². The summed E-state index contributed by atoms with van der Waals surface area (Å²) in [6.45, 7) is 2.32. The Bertz CT molecular complexity index is 145. The van der Waals surface area contributed by atoms with Crippen LogP contribution in [0.25, 0.3) is 0 Å². The Labute approximate surface area is 79.6 Å². The van der Waals surface area contributed by atoms with E-state index in [4.69, 9.17) is 22.1 Å². The molecule has 0 spiro atoms. The Kier molecular flexibility index (Phi) is 3.90. The molecule has 1 saturated heterocycles. The summed E-state index contributed by atoms with van der Waals surface area (Å²) >= 11 is 4.11. The zero-order valence-corrected chi connectivity index (χ0v) is 8.16. The van der Waals surface area contributed by atoms with Gasteiger partial charge in [0.2, 0.25) is 0 Å². The number of methoxy groups -OCH3 is 1. The van der Waals surface area contributed by atoms with Crippen LogP contribution in [0, 0.1) is 0 Å². The van der Waals surface area contributed by atoms with E-state index in [9.17, 15) is 0 Å². The fourth-order valence-corrected chi connectivity index (χ4v) is 1.42. The SMILES string of the molecule is [B][C@@H]1OCC(OC(C)S)C1OC. The lowest BCUT2D eigenvalue weighted by molar-refractivity contribution is -0.0363. The van der Waals surface area contributed by atoms with Crippen LogP contribution in [-0.4, -0.2) is 45.2 Å². The molecule has 1 aliphatic heterocycles. The Morgan fingerprint density at radius 2 is 2.33 bits per heavy atom. The van der Waals surface area contributed by atoms with E-state index >= 15 is 0 Å².